The van der Waals surface area contributed by atoms with Crippen molar-refractivity contribution in [1.29, 1.82) is 0 Å². The topological polar surface area (TPSA) is 101 Å². The van der Waals surface area contributed by atoms with Crippen LogP contribution in [0.3, 0.4) is 0 Å². The van der Waals surface area contributed by atoms with E-state index in [1.54, 1.807) is 0 Å². The van der Waals surface area contributed by atoms with Crippen LogP contribution in [0.5, 0.6) is 0 Å². The zero-order chi connectivity index (χ0) is 44.8. The molecule has 0 amide bonds. The van der Waals surface area contributed by atoms with Gasteiger partial charge in [-0.25, -0.2) is 4.79 Å². The van der Waals surface area contributed by atoms with Gasteiger partial charge >= 0.3 is 17.9 Å². The average molecular weight is 859 g/mol. The predicted molar refractivity (Wildman–Crippen MR) is 261 cm³/mol. The Balaban J connectivity index is 5.02. The number of unbranched alkanes of at least 4 members (excludes halogenated alkanes) is 34. The Morgan fingerprint density at radius 3 is 1.08 bits per heavy atom. The quantitative estimate of drug-likeness (QED) is 0.0359. The van der Waals surface area contributed by atoms with Crippen molar-refractivity contribution in [3.8, 4) is 0 Å². The second-order valence-electron chi connectivity index (χ2n) is 18.7. The van der Waals surface area contributed by atoms with Gasteiger partial charge in [-0.1, -0.05) is 231 Å². The minimum atomic E-state index is -1.80. The molecule has 6 heteroatoms. The van der Waals surface area contributed by atoms with E-state index in [9.17, 15) is 24.6 Å². The molecule has 0 aromatic heterocycles. The summed E-state index contributed by atoms with van der Waals surface area (Å²) in [7, 11) is 0. The van der Waals surface area contributed by atoms with E-state index in [4.69, 9.17) is 4.74 Å². The molecule has 0 aliphatic rings. The lowest BCUT2D eigenvalue weighted by Crippen LogP contribution is -2.50. The second-order valence-corrected chi connectivity index (χ2v) is 18.7. The van der Waals surface area contributed by atoms with E-state index >= 15 is 0 Å². The van der Waals surface area contributed by atoms with Crippen LogP contribution in [0.1, 0.15) is 297 Å². The second kappa shape index (κ2) is 45.9. The molecule has 0 aromatic rings. The van der Waals surface area contributed by atoms with Crippen LogP contribution in [0.2, 0.25) is 0 Å². The summed E-state index contributed by atoms with van der Waals surface area (Å²) in [6, 6.07) is 0. The van der Waals surface area contributed by atoms with Gasteiger partial charge in [-0.05, 0) is 77.0 Å². The molecule has 0 aromatic carbocycles. The largest absolute Gasteiger partial charge is 0.481 e. The summed E-state index contributed by atoms with van der Waals surface area (Å²) < 4.78 is 6.04. The van der Waals surface area contributed by atoms with Crippen molar-refractivity contribution < 1.29 is 29.3 Å². The lowest BCUT2D eigenvalue weighted by molar-refractivity contribution is -0.190. The normalized spacial score (nSPS) is 13.3. The van der Waals surface area contributed by atoms with Gasteiger partial charge in [-0.15, -0.1) is 0 Å². The van der Waals surface area contributed by atoms with Crippen molar-refractivity contribution in [2.45, 2.75) is 302 Å². The highest BCUT2D eigenvalue weighted by molar-refractivity contribution is 5.83. The minimum absolute atomic E-state index is 0.178. The van der Waals surface area contributed by atoms with E-state index in [1.165, 1.54) is 154 Å². The van der Waals surface area contributed by atoms with Gasteiger partial charge in [0.2, 0.25) is 5.60 Å². The van der Waals surface area contributed by atoms with Gasteiger partial charge in [-0.3, -0.25) is 9.59 Å². The fourth-order valence-corrected chi connectivity index (χ4v) is 8.84. The van der Waals surface area contributed by atoms with Crippen LogP contribution in [-0.4, -0.2) is 33.7 Å². The summed E-state index contributed by atoms with van der Waals surface area (Å²) in [6.45, 7) is 6.76. The molecule has 0 rings (SSSR count). The van der Waals surface area contributed by atoms with E-state index in [0.717, 1.165) is 83.5 Å². The monoisotopic (exact) mass is 859 g/mol. The van der Waals surface area contributed by atoms with Gasteiger partial charge in [0.15, 0.2) is 0 Å². The number of allylic oxidation sites excluding steroid dienone is 4. The van der Waals surface area contributed by atoms with Crippen LogP contribution in [0, 0.1) is 5.92 Å². The first-order valence-electron chi connectivity index (χ1n) is 26.8. The number of carbonyl (C=O) groups excluding carboxylic acids is 1. The van der Waals surface area contributed by atoms with E-state index < -0.39 is 29.4 Å². The van der Waals surface area contributed by atoms with E-state index in [1.807, 2.05) is 0 Å². The molecule has 0 aliphatic carbocycles. The van der Waals surface area contributed by atoms with Gasteiger partial charge in [0.25, 0.3) is 0 Å². The standard InChI is InChI=1S/C55H102O6/c1-4-7-10-13-16-19-22-24-26-28-30-33-35-38-41-44-47-51(50-52(56)57)55(54(59)60,61-53(58)48-45-42-39-36-32-21-18-15-12-9-6-3)49-46-43-40-37-34-31-29-27-25-23-20-17-14-11-8-5-2/h24-27,51H,4-23,28-50H2,1-3H3,(H,56,57)(H,59,60). The fraction of sp³-hybridized carbons (Fsp3) is 0.873. The van der Waals surface area contributed by atoms with Crippen LogP contribution in [-0.2, 0) is 19.1 Å². The first-order valence-corrected chi connectivity index (χ1v) is 26.8. The molecule has 0 saturated heterocycles. The van der Waals surface area contributed by atoms with Gasteiger partial charge in [0, 0.05) is 12.3 Å². The molecule has 6 nitrogen and oxygen atoms in total. The molecule has 0 aliphatic heterocycles. The summed E-state index contributed by atoms with van der Waals surface area (Å²) in [4.78, 5) is 38.8. The van der Waals surface area contributed by atoms with Crippen LogP contribution in [0.15, 0.2) is 24.3 Å². The van der Waals surface area contributed by atoms with Crippen molar-refractivity contribution in [3.05, 3.63) is 24.3 Å². The van der Waals surface area contributed by atoms with Crippen LogP contribution < -0.4 is 0 Å². The maximum absolute atomic E-state index is 13.4. The zero-order valence-electron chi connectivity index (χ0n) is 40.8. The molecule has 0 bridgehead atoms. The molecule has 0 heterocycles. The Morgan fingerprint density at radius 2 is 0.738 bits per heavy atom. The molecule has 358 valence electrons. The molecule has 0 saturated carbocycles. The number of carbonyl (C=O) groups is 3. The summed E-state index contributed by atoms with van der Waals surface area (Å²) in [5.74, 6) is -3.44. The number of ether oxygens (including phenoxy) is 1. The number of rotatable bonds is 49. The van der Waals surface area contributed by atoms with E-state index in [2.05, 4.69) is 45.1 Å². The van der Waals surface area contributed by atoms with Crippen molar-refractivity contribution in [2.24, 2.45) is 5.92 Å². The number of carboxylic acids is 2. The molecule has 0 radical (unpaired) electrons. The third kappa shape index (κ3) is 38.1. The number of hydrogen-bond donors (Lipinski definition) is 2. The molecule has 2 unspecified atom stereocenters. The Morgan fingerprint density at radius 1 is 0.426 bits per heavy atom. The Hall–Kier alpha value is -2.11. The van der Waals surface area contributed by atoms with Crippen LogP contribution >= 0.6 is 0 Å². The van der Waals surface area contributed by atoms with Gasteiger partial charge in [-0.2, -0.15) is 0 Å². The summed E-state index contributed by atoms with van der Waals surface area (Å²) in [5.41, 5.74) is -1.80. The van der Waals surface area contributed by atoms with E-state index in [-0.39, 0.29) is 19.3 Å². The number of esters is 1. The molecular weight excluding hydrogens is 757 g/mol. The highest BCUT2D eigenvalue weighted by Gasteiger charge is 2.49. The maximum atomic E-state index is 13.4. The molecular formula is C55H102O6. The Kier molecular flexibility index (Phi) is 44.3. The van der Waals surface area contributed by atoms with E-state index in [0.29, 0.717) is 19.3 Å². The molecule has 2 N–H and O–H groups in total. The third-order valence-corrected chi connectivity index (χ3v) is 12.8. The minimum Gasteiger partial charge on any atom is -0.481 e. The maximum Gasteiger partial charge on any atom is 0.348 e. The predicted octanol–water partition coefficient (Wildman–Crippen LogP) is 18.0. The summed E-state index contributed by atoms with van der Waals surface area (Å²) in [5, 5.41) is 20.8. The smallest absolute Gasteiger partial charge is 0.348 e. The first kappa shape index (κ1) is 58.9. The highest BCUT2D eigenvalue weighted by Crippen LogP contribution is 2.36. The van der Waals surface area contributed by atoms with Crippen LogP contribution in [0.4, 0.5) is 0 Å². The van der Waals surface area contributed by atoms with Crippen molar-refractivity contribution in [1.82, 2.24) is 0 Å². The molecule has 0 spiro atoms. The first-order chi connectivity index (χ1) is 29.8. The van der Waals surface area contributed by atoms with Crippen molar-refractivity contribution in [2.75, 3.05) is 0 Å². The average Bonchev–Trinajstić information content (AvgIpc) is 3.24. The molecule has 61 heavy (non-hydrogen) atoms. The van der Waals surface area contributed by atoms with Gasteiger partial charge < -0.3 is 14.9 Å². The summed E-state index contributed by atoms with van der Waals surface area (Å²) in [6.07, 6.45) is 55.4. The van der Waals surface area contributed by atoms with Crippen molar-refractivity contribution in [3.63, 3.8) is 0 Å². The van der Waals surface area contributed by atoms with Gasteiger partial charge in [0.05, 0.1) is 6.42 Å². The SMILES string of the molecule is CCCCCCCCC=CCCCCCCCCC(CC(=O)O)C(CCCCCCCCC=CCCCCCCCC)(OC(=O)CCCCCCCCCCCCC)C(=O)O. The molecule has 0 fully saturated rings. The lowest BCUT2D eigenvalue weighted by atomic mass is 9.77. The fourth-order valence-electron chi connectivity index (χ4n) is 8.84. The number of hydrogen-bond acceptors (Lipinski definition) is 4. The number of carboxylic acid groups (broad SMARTS) is 2. The third-order valence-electron chi connectivity index (χ3n) is 12.8. The Labute approximate surface area is 378 Å². The highest BCUT2D eigenvalue weighted by atomic mass is 16.6. The van der Waals surface area contributed by atoms with Crippen LogP contribution in [0.25, 0.3) is 0 Å². The molecule has 2 atom stereocenters. The summed E-state index contributed by atoms with van der Waals surface area (Å²) >= 11 is 0. The lowest BCUT2D eigenvalue weighted by Gasteiger charge is -2.36. The van der Waals surface area contributed by atoms with Gasteiger partial charge in [0.1, 0.15) is 0 Å². The Bertz CT molecular complexity index is 1040. The zero-order valence-corrected chi connectivity index (χ0v) is 40.8. The number of aliphatic carboxylic acids is 2. The van der Waals surface area contributed by atoms with Crippen molar-refractivity contribution >= 4 is 17.9 Å².